The fourth-order valence-corrected chi connectivity index (χ4v) is 2.69. The van der Waals surface area contributed by atoms with Gasteiger partial charge in [-0.15, -0.1) is 0 Å². The summed E-state index contributed by atoms with van der Waals surface area (Å²) in [5.41, 5.74) is 2.15. The van der Waals surface area contributed by atoms with Gasteiger partial charge in [0.25, 0.3) is 0 Å². The third kappa shape index (κ3) is 2.82. The van der Waals surface area contributed by atoms with Crippen LogP contribution in [0.4, 0.5) is 0 Å². The molecule has 0 aromatic carbocycles. The van der Waals surface area contributed by atoms with E-state index < -0.39 is 0 Å². The Bertz CT molecular complexity index is 369. The lowest BCUT2D eigenvalue weighted by atomic mass is 10.1. The molecule has 1 aliphatic heterocycles. The Hall–Kier alpha value is -1.00. The molecule has 4 nitrogen and oxygen atoms in total. The van der Waals surface area contributed by atoms with Gasteiger partial charge in [-0.25, -0.2) is 0 Å². The molecule has 94 valence electrons. The highest BCUT2D eigenvalue weighted by Gasteiger charge is 2.26. The first-order chi connectivity index (χ1) is 8.08. The number of piperazine rings is 1. The monoisotopic (exact) mass is 234 g/mol. The van der Waals surface area contributed by atoms with Crippen molar-refractivity contribution in [2.24, 2.45) is 0 Å². The van der Waals surface area contributed by atoms with Crippen LogP contribution in [0.2, 0.25) is 0 Å². The summed E-state index contributed by atoms with van der Waals surface area (Å²) in [5, 5.41) is 3.55. The maximum absolute atomic E-state index is 4.48. The highest BCUT2D eigenvalue weighted by atomic mass is 15.2. The fourth-order valence-electron chi connectivity index (χ4n) is 2.69. The largest absolute Gasteiger partial charge is 0.309 e. The van der Waals surface area contributed by atoms with E-state index in [1.54, 1.807) is 12.4 Å². The number of aryl methyl sites for hydroxylation is 1. The minimum Gasteiger partial charge on any atom is -0.309 e. The number of nitrogens with one attached hydrogen (secondary N) is 1. The van der Waals surface area contributed by atoms with Crippen molar-refractivity contribution in [1.82, 2.24) is 20.2 Å². The molecule has 1 N–H and O–H groups in total. The van der Waals surface area contributed by atoms with Crippen LogP contribution in [0.15, 0.2) is 12.4 Å². The molecule has 17 heavy (non-hydrogen) atoms. The van der Waals surface area contributed by atoms with Crippen molar-refractivity contribution < 1.29 is 0 Å². The van der Waals surface area contributed by atoms with Crippen LogP contribution >= 0.6 is 0 Å². The van der Waals surface area contributed by atoms with Crippen LogP contribution in [0.1, 0.15) is 38.2 Å². The second-order valence-corrected chi connectivity index (χ2v) is 5.13. The molecule has 0 bridgehead atoms. The molecule has 2 heterocycles. The zero-order valence-corrected chi connectivity index (χ0v) is 11.1. The smallest absolute Gasteiger partial charge is 0.0784 e. The van der Waals surface area contributed by atoms with E-state index in [0.717, 1.165) is 24.5 Å². The molecule has 1 saturated heterocycles. The average Bonchev–Trinajstić information content (AvgIpc) is 2.27. The van der Waals surface area contributed by atoms with Crippen molar-refractivity contribution >= 4 is 0 Å². The van der Waals surface area contributed by atoms with E-state index in [0.29, 0.717) is 18.1 Å². The predicted molar refractivity (Wildman–Crippen MR) is 68.8 cm³/mol. The first-order valence-electron chi connectivity index (χ1n) is 6.35. The summed E-state index contributed by atoms with van der Waals surface area (Å²) in [5.74, 6) is 0. The van der Waals surface area contributed by atoms with Gasteiger partial charge in [0, 0.05) is 37.6 Å². The highest BCUT2D eigenvalue weighted by molar-refractivity contribution is 5.13. The minimum atomic E-state index is 0.343. The van der Waals surface area contributed by atoms with E-state index >= 15 is 0 Å². The SMILES string of the molecule is Cc1nccnc1C(C)N1CC(C)NC(C)C1. The van der Waals surface area contributed by atoms with Crippen molar-refractivity contribution in [3.05, 3.63) is 23.8 Å². The Labute approximate surface area is 103 Å². The summed E-state index contributed by atoms with van der Waals surface area (Å²) in [6.07, 6.45) is 3.54. The van der Waals surface area contributed by atoms with Gasteiger partial charge in [0.05, 0.1) is 17.4 Å². The summed E-state index contributed by atoms with van der Waals surface area (Å²) in [4.78, 5) is 11.3. The molecule has 0 aliphatic carbocycles. The van der Waals surface area contributed by atoms with E-state index in [1.165, 1.54) is 0 Å². The zero-order valence-electron chi connectivity index (χ0n) is 11.1. The number of aromatic nitrogens is 2. The Kier molecular flexibility index (Phi) is 3.74. The van der Waals surface area contributed by atoms with E-state index in [1.807, 2.05) is 6.92 Å². The van der Waals surface area contributed by atoms with Gasteiger partial charge in [-0.1, -0.05) is 0 Å². The van der Waals surface area contributed by atoms with E-state index in [4.69, 9.17) is 0 Å². The molecule has 1 aromatic heterocycles. The summed E-state index contributed by atoms with van der Waals surface area (Å²) >= 11 is 0. The lowest BCUT2D eigenvalue weighted by Gasteiger charge is -2.39. The molecule has 0 radical (unpaired) electrons. The molecular formula is C13H22N4. The summed E-state index contributed by atoms with van der Waals surface area (Å²) in [6, 6.07) is 1.42. The van der Waals surface area contributed by atoms with E-state index in [2.05, 4.69) is 41.0 Å². The van der Waals surface area contributed by atoms with Gasteiger partial charge < -0.3 is 5.32 Å². The van der Waals surface area contributed by atoms with Crippen LogP contribution in [-0.4, -0.2) is 40.0 Å². The Balaban J connectivity index is 2.14. The van der Waals surface area contributed by atoms with Crippen LogP contribution < -0.4 is 5.32 Å². The molecule has 0 amide bonds. The lowest BCUT2D eigenvalue weighted by Crippen LogP contribution is -2.54. The van der Waals surface area contributed by atoms with Crippen LogP contribution in [0.5, 0.6) is 0 Å². The lowest BCUT2D eigenvalue weighted by molar-refractivity contribution is 0.128. The van der Waals surface area contributed by atoms with Crippen LogP contribution in [0.3, 0.4) is 0 Å². The molecule has 1 aromatic rings. The third-order valence-electron chi connectivity index (χ3n) is 3.45. The fraction of sp³-hybridized carbons (Fsp3) is 0.692. The second-order valence-electron chi connectivity index (χ2n) is 5.13. The highest BCUT2D eigenvalue weighted by Crippen LogP contribution is 2.22. The minimum absolute atomic E-state index is 0.343. The molecule has 0 spiro atoms. The number of rotatable bonds is 2. The van der Waals surface area contributed by atoms with E-state index in [9.17, 15) is 0 Å². The predicted octanol–water partition coefficient (Wildman–Crippen LogP) is 1.53. The average molecular weight is 234 g/mol. The van der Waals surface area contributed by atoms with Gasteiger partial charge in [-0.3, -0.25) is 14.9 Å². The number of hydrogen-bond acceptors (Lipinski definition) is 4. The van der Waals surface area contributed by atoms with Crippen molar-refractivity contribution in [3.8, 4) is 0 Å². The quantitative estimate of drug-likeness (QED) is 0.842. The van der Waals surface area contributed by atoms with Gasteiger partial charge in [0.15, 0.2) is 0 Å². The first-order valence-corrected chi connectivity index (χ1v) is 6.35. The molecule has 1 fully saturated rings. The summed E-state index contributed by atoms with van der Waals surface area (Å²) in [6.45, 7) is 10.9. The summed E-state index contributed by atoms with van der Waals surface area (Å²) in [7, 11) is 0. The molecule has 3 unspecified atom stereocenters. The second kappa shape index (κ2) is 5.10. The van der Waals surface area contributed by atoms with Gasteiger partial charge in [-0.05, 0) is 27.7 Å². The van der Waals surface area contributed by atoms with E-state index in [-0.39, 0.29) is 0 Å². The molecule has 2 rings (SSSR count). The normalized spacial score (nSPS) is 28.0. The zero-order chi connectivity index (χ0) is 12.4. The molecule has 0 saturated carbocycles. The Morgan fingerprint density at radius 2 is 1.82 bits per heavy atom. The van der Waals surface area contributed by atoms with Crippen LogP contribution in [-0.2, 0) is 0 Å². The number of hydrogen-bond donors (Lipinski definition) is 1. The standard InChI is InChI=1S/C13H22N4/c1-9-7-17(8-10(2)16-9)12(4)13-11(3)14-5-6-15-13/h5-6,9-10,12,16H,7-8H2,1-4H3. The maximum atomic E-state index is 4.48. The first kappa shape index (κ1) is 12.5. The van der Waals surface area contributed by atoms with Gasteiger partial charge in [0.2, 0.25) is 0 Å². The van der Waals surface area contributed by atoms with Crippen molar-refractivity contribution in [1.29, 1.82) is 0 Å². The van der Waals surface area contributed by atoms with Crippen molar-refractivity contribution in [2.75, 3.05) is 13.1 Å². The molecule has 1 aliphatic rings. The Morgan fingerprint density at radius 3 is 2.41 bits per heavy atom. The topological polar surface area (TPSA) is 41.1 Å². The van der Waals surface area contributed by atoms with Crippen molar-refractivity contribution in [2.45, 2.75) is 45.8 Å². The molecule has 3 atom stereocenters. The van der Waals surface area contributed by atoms with Gasteiger partial charge >= 0.3 is 0 Å². The van der Waals surface area contributed by atoms with Crippen LogP contribution in [0, 0.1) is 6.92 Å². The molecule has 4 heteroatoms. The van der Waals surface area contributed by atoms with Crippen molar-refractivity contribution in [3.63, 3.8) is 0 Å². The maximum Gasteiger partial charge on any atom is 0.0784 e. The summed E-state index contributed by atoms with van der Waals surface area (Å²) < 4.78 is 0. The molecular weight excluding hydrogens is 212 g/mol. The van der Waals surface area contributed by atoms with Gasteiger partial charge in [0.1, 0.15) is 0 Å². The number of nitrogens with zero attached hydrogens (tertiary/aromatic N) is 3. The third-order valence-corrected chi connectivity index (χ3v) is 3.45. The van der Waals surface area contributed by atoms with Gasteiger partial charge in [-0.2, -0.15) is 0 Å². The Morgan fingerprint density at radius 1 is 1.24 bits per heavy atom. The van der Waals surface area contributed by atoms with Crippen LogP contribution in [0.25, 0.3) is 0 Å².